The van der Waals surface area contributed by atoms with E-state index in [9.17, 15) is 9.59 Å². The van der Waals surface area contributed by atoms with E-state index in [0.29, 0.717) is 17.8 Å². The Bertz CT molecular complexity index is 2050. The lowest BCUT2D eigenvalue weighted by atomic mass is 9.83. The molecule has 4 amide bonds. The molecule has 8 nitrogen and oxygen atoms in total. The van der Waals surface area contributed by atoms with Crippen LogP contribution in [0.5, 0.6) is 0 Å². The van der Waals surface area contributed by atoms with Crippen LogP contribution in [0.4, 0.5) is 21.0 Å². The summed E-state index contributed by atoms with van der Waals surface area (Å²) in [7, 11) is 0. The Morgan fingerprint density at radius 1 is 0.651 bits per heavy atom. The van der Waals surface area contributed by atoms with Gasteiger partial charge < -0.3 is 30.7 Å². The summed E-state index contributed by atoms with van der Waals surface area (Å²) in [5, 5.41) is 12.4. The van der Waals surface area contributed by atoms with Crippen LogP contribution in [-0.4, -0.2) is 38.0 Å². The quantitative estimate of drug-likeness (QED) is 0.0900. The van der Waals surface area contributed by atoms with Crippen molar-refractivity contribution in [3.05, 3.63) is 118 Å². The molecular weight excluding hydrogens is 984 g/mol. The van der Waals surface area contributed by atoms with Gasteiger partial charge in [-0.05, 0) is 146 Å². The van der Waals surface area contributed by atoms with Gasteiger partial charge in [-0.3, -0.25) is 0 Å². The van der Waals surface area contributed by atoms with E-state index in [-0.39, 0.29) is 35.5 Å². The molecule has 2 aliphatic rings. The fourth-order valence-corrected chi connectivity index (χ4v) is 8.78. The molecular formula is C52H73Br3N4O4. The molecule has 0 bridgehead atoms. The number of allylic oxidation sites excluding steroid dienone is 2. The smallest absolute Gasteiger partial charge is 0.319 e. The van der Waals surface area contributed by atoms with Gasteiger partial charge in [0, 0.05) is 16.8 Å². The number of nitrogens with one attached hydrogen (secondary N) is 4. The number of ether oxygens (including phenoxy) is 2. The average Bonchev–Trinajstić information content (AvgIpc) is 3.09. The van der Waals surface area contributed by atoms with E-state index in [1.165, 1.54) is 16.7 Å². The van der Waals surface area contributed by atoms with Crippen molar-refractivity contribution in [3.8, 4) is 0 Å². The Hall–Kier alpha value is -3.28. The highest BCUT2D eigenvalue weighted by atomic mass is 80.0. The van der Waals surface area contributed by atoms with E-state index in [2.05, 4.69) is 163 Å². The largest absolute Gasteiger partial charge is 0.490 e. The standard InChI is InChI=1S/C45H65Br3N4O4.C7H8/c1-29-23-30(2)35(25-34(29)50-39(53)49-26-37(32-19-15-20-32)55-44(10,11)28-42(6,7)45(46,47)48)51-40(54)52-36(24-31-17-13-12-14-18-31)38(33-21-16-22-33)56-43(8,9)27-41(3,4)5;1-7-5-3-2-4-6-7/h12-14,17-18,23,25,36H,15-16,19-22,24,26-28H2,1-11H3,(H2,49,50,53)(H2,51,52,54);2-6H,1H3/t36-;/m0./s1. The van der Waals surface area contributed by atoms with Gasteiger partial charge in [0.2, 0.25) is 0 Å². The summed E-state index contributed by atoms with van der Waals surface area (Å²) in [6.07, 6.45) is 8.31. The molecule has 0 aromatic heterocycles. The third-order valence-electron chi connectivity index (χ3n) is 11.4. The minimum absolute atomic E-state index is 0.0735. The maximum absolute atomic E-state index is 13.9. The fraction of sp³-hybridized carbons (Fsp3) is 0.538. The van der Waals surface area contributed by atoms with Crippen molar-refractivity contribution in [2.45, 2.75) is 160 Å². The zero-order valence-corrected chi connectivity index (χ0v) is 44.6. The number of hydrogen-bond acceptors (Lipinski definition) is 4. The number of urea groups is 2. The van der Waals surface area contributed by atoms with Crippen LogP contribution < -0.4 is 21.3 Å². The van der Waals surface area contributed by atoms with Crippen molar-refractivity contribution in [2.24, 2.45) is 10.8 Å². The van der Waals surface area contributed by atoms with Crippen molar-refractivity contribution in [1.29, 1.82) is 0 Å². The van der Waals surface area contributed by atoms with Crippen LogP contribution >= 0.6 is 47.8 Å². The first-order valence-electron chi connectivity index (χ1n) is 22.4. The second-order valence-electron chi connectivity index (χ2n) is 20.5. The number of anilines is 2. The minimum atomic E-state index is -0.487. The first kappa shape index (κ1) is 52.3. The zero-order valence-electron chi connectivity index (χ0n) is 39.8. The van der Waals surface area contributed by atoms with Gasteiger partial charge in [0.25, 0.3) is 0 Å². The molecule has 2 fully saturated rings. The van der Waals surface area contributed by atoms with Crippen molar-refractivity contribution >= 4 is 71.2 Å². The summed E-state index contributed by atoms with van der Waals surface area (Å²) in [6.45, 7) is 25.7. The second-order valence-corrected chi connectivity index (χ2v) is 27.3. The number of aryl methyl sites for hydroxylation is 3. The lowest BCUT2D eigenvalue weighted by Crippen LogP contribution is -2.44. The summed E-state index contributed by atoms with van der Waals surface area (Å²) in [6, 6.07) is 23.2. The summed E-state index contributed by atoms with van der Waals surface area (Å²) in [4.78, 5) is 27.3. The van der Waals surface area contributed by atoms with Gasteiger partial charge in [-0.25, -0.2) is 9.59 Å². The Labute approximate surface area is 404 Å². The number of hydrogen-bond donors (Lipinski definition) is 4. The first-order valence-corrected chi connectivity index (χ1v) is 24.8. The Morgan fingerprint density at radius 2 is 1.16 bits per heavy atom. The summed E-state index contributed by atoms with van der Waals surface area (Å²) >= 11 is 11.1. The lowest BCUT2D eigenvalue weighted by molar-refractivity contribution is -0.0106. The van der Waals surface area contributed by atoms with Crippen LogP contribution in [0.3, 0.4) is 0 Å². The van der Waals surface area contributed by atoms with E-state index in [1.54, 1.807) is 0 Å². The van der Waals surface area contributed by atoms with Gasteiger partial charge in [-0.2, -0.15) is 0 Å². The number of alkyl halides is 3. The van der Waals surface area contributed by atoms with Crippen LogP contribution in [0.2, 0.25) is 0 Å². The molecule has 3 aromatic carbocycles. The number of rotatable bonds is 15. The molecule has 0 radical (unpaired) electrons. The van der Waals surface area contributed by atoms with Crippen LogP contribution in [-0.2, 0) is 15.9 Å². The number of carbonyl (C=O) groups excluding carboxylic acids is 2. The van der Waals surface area contributed by atoms with E-state index in [0.717, 1.165) is 79.6 Å². The molecule has 3 aromatic rings. The maximum Gasteiger partial charge on any atom is 0.319 e. The van der Waals surface area contributed by atoms with Gasteiger partial charge >= 0.3 is 12.1 Å². The Balaban J connectivity index is 0.00000113. The van der Waals surface area contributed by atoms with Crippen molar-refractivity contribution in [1.82, 2.24) is 10.6 Å². The molecule has 11 heteroatoms. The number of halogens is 3. The maximum atomic E-state index is 13.9. The van der Waals surface area contributed by atoms with Crippen LogP contribution in [0, 0.1) is 31.6 Å². The van der Waals surface area contributed by atoms with Crippen LogP contribution in [0.25, 0.3) is 0 Å². The molecule has 1 atom stereocenters. The van der Waals surface area contributed by atoms with Crippen molar-refractivity contribution < 1.29 is 19.1 Å². The van der Waals surface area contributed by atoms with E-state index in [1.807, 2.05) is 62.4 Å². The Morgan fingerprint density at radius 3 is 1.62 bits per heavy atom. The van der Waals surface area contributed by atoms with Gasteiger partial charge in [0.1, 0.15) is 24.9 Å². The number of amides is 4. The fourth-order valence-electron chi connectivity index (χ4n) is 8.36. The van der Waals surface area contributed by atoms with E-state index < -0.39 is 13.3 Å². The molecule has 0 unspecified atom stereocenters. The monoisotopic (exact) mass is 1050 g/mol. The number of carbonyl (C=O) groups is 2. The molecule has 0 aliphatic heterocycles. The van der Waals surface area contributed by atoms with Crippen LogP contribution in [0.1, 0.15) is 136 Å². The van der Waals surface area contributed by atoms with Gasteiger partial charge in [0.05, 0.1) is 12.6 Å². The predicted octanol–water partition coefficient (Wildman–Crippen LogP) is 15.3. The molecule has 0 heterocycles. The second kappa shape index (κ2) is 22.3. The molecule has 5 rings (SSSR count). The van der Waals surface area contributed by atoms with Gasteiger partial charge in [-0.1, -0.05) is 155 Å². The highest BCUT2D eigenvalue weighted by molar-refractivity contribution is 9.39. The highest BCUT2D eigenvalue weighted by Gasteiger charge is 2.43. The normalized spacial score (nSPS) is 14.8. The first-order chi connectivity index (χ1) is 29.2. The summed E-state index contributed by atoms with van der Waals surface area (Å²) in [5.41, 5.74) is 6.91. The molecule has 2 aliphatic carbocycles. The van der Waals surface area contributed by atoms with Crippen molar-refractivity contribution in [2.75, 3.05) is 17.2 Å². The molecule has 0 spiro atoms. The third-order valence-corrected chi connectivity index (χ3v) is 14.6. The molecule has 2 saturated carbocycles. The third kappa shape index (κ3) is 17.2. The number of benzene rings is 3. The Kier molecular flexibility index (Phi) is 18.5. The van der Waals surface area contributed by atoms with Gasteiger partial charge in [0.15, 0.2) is 0 Å². The minimum Gasteiger partial charge on any atom is -0.490 e. The summed E-state index contributed by atoms with van der Waals surface area (Å²) < 4.78 is 13.1. The SMILES string of the molecule is Cc1cc(C)c(NC(=O)N[C@@H](Cc2ccccc2)C(OC(C)(C)CC(C)(C)C)=C2CCC2)cc1NC(=O)NCC(OC(C)(C)CC(C)(C)C(Br)(Br)Br)=C1CCC1.Cc1ccccc1. The zero-order chi connectivity index (χ0) is 46.8. The van der Waals surface area contributed by atoms with Gasteiger partial charge in [-0.15, -0.1) is 0 Å². The molecule has 346 valence electrons. The van der Waals surface area contributed by atoms with E-state index in [4.69, 9.17) is 9.47 Å². The van der Waals surface area contributed by atoms with E-state index >= 15 is 0 Å². The predicted molar refractivity (Wildman–Crippen MR) is 274 cm³/mol. The molecule has 0 saturated heterocycles. The highest BCUT2D eigenvalue weighted by Crippen LogP contribution is 2.53. The topological polar surface area (TPSA) is 101 Å². The molecule has 4 N–H and O–H groups in total. The molecule has 63 heavy (non-hydrogen) atoms. The lowest BCUT2D eigenvalue weighted by Gasteiger charge is -2.41. The van der Waals surface area contributed by atoms with Crippen LogP contribution in [0.15, 0.2) is 95.5 Å². The average molecular weight is 1060 g/mol. The summed E-state index contributed by atoms with van der Waals surface area (Å²) in [5.74, 6) is 1.70. The van der Waals surface area contributed by atoms with Crippen molar-refractivity contribution in [3.63, 3.8) is 0 Å².